The first kappa shape index (κ1) is 19.7. The number of hydrogen-bond acceptors (Lipinski definition) is 3. The molecule has 2 heterocycles. The number of ether oxygens (including phenoxy) is 1. The third kappa shape index (κ3) is 4.28. The van der Waals surface area contributed by atoms with Gasteiger partial charge in [0, 0.05) is 23.6 Å². The summed E-state index contributed by atoms with van der Waals surface area (Å²) in [4.78, 5) is 27.0. The summed E-state index contributed by atoms with van der Waals surface area (Å²) in [7, 11) is 0. The molecule has 0 aromatic heterocycles. The van der Waals surface area contributed by atoms with Gasteiger partial charge in [-0.15, -0.1) is 0 Å². The fourth-order valence-corrected chi connectivity index (χ4v) is 4.06. The lowest BCUT2D eigenvalue weighted by molar-refractivity contribution is -0.137. The van der Waals surface area contributed by atoms with E-state index >= 15 is 0 Å². The minimum Gasteiger partial charge on any atom is -0.444 e. The van der Waals surface area contributed by atoms with Crippen LogP contribution in [-0.4, -0.2) is 34.5 Å². The zero-order valence-electron chi connectivity index (χ0n) is 15.7. The predicted octanol–water partition coefficient (Wildman–Crippen LogP) is 5.07. The van der Waals surface area contributed by atoms with Crippen molar-refractivity contribution in [3.05, 3.63) is 35.4 Å². The summed E-state index contributed by atoms with van der Waals surface area (Å²) in [5.41, 5.74) is -1.05. The van der Waals surface area contributed by atoms with Crippen molar-refractivity contribution in [1.82, 2.24) is 4.90 Å². The van der Waals surface area contributed by atoms with Gasteiger partial charge in [-0.05, 0) is 58.6 Å². The van der Waals surface area contributed by atoms with Crippen LogP contribution < -0.4 is 0 Å². The van der Waals surface area contributed by atoms with Crippen LogP contribution in [-0.2, 0) is 10.9 Å². The number of amides is 1. The van der Waals surface area contributed by atoms with Gasteiger partial charge in [-0.25, -0.2) is 4.79 Å². The Labute approximate surface area is 156 Å². The summed E-state index contributed by atoms with van der Waals surface area (Å²) in [6, 6.07) is 4.26. The molecule has 2 atom stereocenters. The molecule has 1 aromatic carbocycles. The number of nitrogens with zero attached hydrogens (tertiary/aromatic N) is 1. The van der Waals surface area contributed by atoms with Crippen molar-refractivity contribution in [1.29, 1.82) is 0 Å². The molecule has 1 amide bonds. The van der Waals surface area contributed by atoms with E-state index in [1.807, 2.05) is 20.8 Å². The molecule has 0 saturated carbocycles. The number of ketones is 1. The van der Waals surface area contributed by atoms with Crippen LogP contribution in [0.2, 0.25) is 0 Å². The molecule has 0 spiro atoms. The SMILES string of the molecule is CC(C)(C)OC(=O)N1C2CCC1CC(C(=O)c1ccc(C(F)(F)F)cc1)C2. The van der Waals surface area contributed by atoms with Crippen LogP contribution in [0, 0.1) is 5.92 Å². The lowest BCUT2D eigenvalue weighted by Crippen LogP contribution is -2.49. The van der Waals surface area contributed by atoms with Gasteiger partial charge >= 0.3 is 12.3 Å². The first-order valence-electron chi connectivity index (χ1n) is 9.18. The van der Waals surface area contributed by atoms with E-state index in [2.05, 4.69) is 0 Å². The van der Waals surface area contributed by atoms with Crippen molar-refractivity contribution in [2.75, 3.05) is 0 Å². The molecule has 2 bridgehead atoms. The highest BCUT2D eigenvalue weighted by Gasteiger charge is 2.46. The third-order valence-electron chi connectivity index (χ3n) is 5.20. The van der Waals surface area contributed by atoms with Gasteiger partial charge in [0.25, 0.3) is 0 Å². The van der Waals surface area contributed by atoms with Gasteiger partial charge in [-0.2, -0.15) is 13.2 Å². The fourth-order valence-electron chi connectivity index (χ4n) is 4.06. The molecule has 7 heteroatoms. The molecule has 1 aromatic rings. The third-order valence-corrected chi connectivity index (χ3v) is 5.20. The van der Waals surface area contributed by atoms with Gasteiger partial charge in [-0.1, -0.05) is 12.1 Å². The first-order chi connectivity index (χ1) is 12.5. The Morgan fingerprint density at radius 1 is 1.00 bits per heavy atom. The molecule has 2 aliphatic heterocycles. The number of benzene rings is 1. The van der Waals surface area contributed by atoms with Crippen molar-refractivity contribution in [3.8, 4) is 0 Å². The van der Waals surface area contributed by atoms with Gasteiger partial charge in [0.05, 0.1) is 5.56 Å². The van der Waals surface area contributed by atoms with Crippen molar-refractivity contribution in [3.63, 3.8) is 0 Å². The highest BCUT2D eigenvalue weighted by atomic mass is 19.4. The number of alkyl halides is 3. The fraction of sp³-hybridized carbons (Fsp3) is 0.600. The zero-order chi connectivity index (χ0) is 20.0. The molecule has 2 unspecified atom stereocenters. The number of piperidine rings is 1. The van der Waals surface area contributed by atoms with Gasteiger partial charge in [0.2, 0.25) is 0 Å². The zero-order valence-corrected chi connectivity index (χ0v) is 15.7. The van der Waals surface area contributed by atoms with Gasteiger partial charge < -0.3 is 9.64 Å². The Bertz CT molecular complexity index is 707. The van der Waals surface area contributed by atoms with E-state index in [0.29, 0.717) is 12.8 Å². The van der Waals surface area contributed by atoms with Crippen molar-refractivity contribution in [2.24, 2.45) is 5.92 Å². The Kier molecular flexibility index (Phi) is 4.99. The smallest absolute Gasteiger partial charge is 0.416 e. The van der Waals surface area contributed by atoms with E-state index in [1.165, 1.54) is 12.1 Å². The maximum absolute atomic E-state index is 12.8. The maximum atomic E-state index is 12.8. The Morgan fingerprint density at radius 2 is 1.52 bits per heavy atom. The second-order valence-electron chi connectivity index (χ2n) is 8.38. The molecular weight excluding hydrogens is 359 g/mol. The van der Waals surface area contributed by atoms with Crippen LogP contribution in [0.15, 0.2) is 24.3 Å². The van der Waals surface area contributed by atoms with Crippen LogP contribution in [0.5, 0.6) is 0 Å². The first-order valence-corrected chi connectivity index (χ1v) is 9.18. The van der Waals surface area contributed by atoms with E-state index < -0.39 is 17.3 Å². The number of carbonyl (C=O) groups is 2. The standard InChI is InChI=1S/C20H24F3NO3/c1-19(2,3)27-18(26)24-15-8-9-16(24)11-13(10-15)17(25)12-4-6-14(7-5-12)20(21,22)23/h4-7,13,15-16H,8-11H2,1-3H3. The van der Waals surface area contributed by atoms with Crippen LogP contribution in [0.1, 0.15) is 62.4 Å². The molecule has 4 nitrogen and oxygen atoms in total. The molecule has 2 aliphatic rings. The normalized spacial score (nSPS) is 25.4. The quantitative estimate of drug-likeness (QED) is 0.670. The Hall–Kier alpha value is -2.05. The van der Waals surface area contributed by atoms with Crippen LogP contribution in [0.4, 0.5) is 18.0 Å². The van der Waals surface area contributed by atoms with Crippen molar-refractivity contribution >= 4 is 11.9 Å². The summed E-state index contributed by atoms with van der Waals surface area (Å²) in [5, 5.41) is 0. The van der Waals surface area contributed by atoms with Gasteiger partial charge in [0.1, 0.15) is 5.60 Å². The van der Waals surface area contributed by atoms with Gasteiger partial charge in [0.15, 0.2) is 5.78 Å². The average Bonchev–Trinajstić information content (AvgIpc) is 2.82. The molecule has 27 heavy (non-hydrogen) atoms. The van der Waals surface area contributed by atoms with E-state index in [9.17, 15) is 22.8 Å². The summed E-state index contributed by atoms with van der Waals surface area (Å²) in [5.74, 6) is -0.428. The highest BCUT2D eigenvalue weighted by Crippen LogP contribution is 2.41. The molecule has 2 fully saturated rings. The lowest BCUT2D eigenvalue weighted by atomic mass is 9.84. The average molecular weight is 383 g/mol. The molecular formula is C20H24F3NO3. The van der Waals surface area contributed by atoms with Crippen LogP contribution in [0.3, 0.4) is 0 Å². The minimum atomic E-state index is -4.42. The second kappa shape index (κ2) is 6.84. The predicted molar refractivity (Wildman–Crippen MR) is 93.4 cm³/mol. The van der Waals surface area contributed by atoms with E-state index in [1.54, 1.807) is 4.90 Å². The topological polar surface area (TPSA) is 46.6 Å². The van der Waals surface area contributed by atoms with E-state index in [4.69, 9.17) is 4.74 Å². The Morgan fingerprint density at radius 3 is 1.96 bits per heavy atom. The summed E-state index contributed by atoms with van der Waals surface area (Å²) in [6.07, 6.45) is -2.08. The summed E-state index contributed by atoms with van der Waals surface area (Å²) in [6.45, 7) is 5.44. The number of rotatable bonds is 2. The number of Topliss-reactive ketones (excluding diaryl/α,β-unsaturated/α-hetero) is 1. The van der Waals surface area contributed by atoms with Gasteiger partial charge in [-0.3, -0.25) is 4.79 Å². The molecule has 2 saturated heterocycles. The molecule has 0 aliphatic carbocycles. The van der Waals surface area contributed by atoms with Crippen LogP contribution >= 0.6 is 0 Å². The molecule has 0 radical (unpaired) electrons. The second-order valence-corrected chi connectivity index (χ2v) is 8.38. The maximum Gasteiger partial charge on any atom is 0.416 e. The Balaban J connectivity index is 1.69. The molecule has 148 valence electrons. The number of hydrogen-bond donors (Lipinski definition) is 0. The number of carbonyl (C=O) groups excluding carboxylic acids is 2. The number of fused-ring (bicyclic) bond motifs is 2. The number of halogens is 3. The summed E-state index contributed by atoms with van der Waals surface area (Å²) >= 11 is 0. The van der Waals surface area contributed by atoms with E-state index in [-0.39, 0.29) is 35.4 Å². The van der Waals surface area contributed by atoms with Crippen LogP contribution in [0.25, 0.3) is 0 Å². The highest BCUT2D eigenvalue weighted by molar-refractivity contribution is 5.98. The summed E-state index contributed by atoms with van der Waals surface area (Å²) < 4.78 is 43.5. The lowest BCUT2D eigenvalue weighted by Gasteiger charge is -2.39. The monoisotopic (exact) mass is 383 g/mol. The van der Waals surface area contributed by atoms with E-state index in [0.717, 1.165) is 25.0 Å². The molecule has 0 N–H and O–H groups in total. The molecule has 3 rings (SSSR count). The van der Waals surface area contributed by atoms with Crippen molar-refractivity contribution in [2.45, 2.75) is 70.3 Å². The largest absolute Gasteiger partial charge is 0.444 e. The van der Waals surface area contributed by atoms with Crippen molar-refractivity contribution < 1.29 is 27.5 Å². The minimum absolute atomic E-state index is 0.0537.